The largest absolute Gasteiger partial charge is 0.479 e. The summed E-state index contributed by atoms with van der Waals surface area (Å²) in [6.07, 6.45) is 1.39. The molecule has 138 valence electrons. The third-order valence-electron chi connectivity index (χ3n) is 3.70. The summed E-state index contributed by atoms with van der Waals surface area (Å²) in [7, 11) is 1.45. The Bertz CT molecular complexity index is 1050. The first-order chi connectivity index (χ1) is 13.0. The summed E-state index contributed by atoms with van der Waals surface area (Å²) in [6.45, 7) is 3.87. The maximum absolute atomic E-state index is 7.86. The van der Waals surface area contributed by atoms with E-state index in [1.807, 2.05) is 18.2 Å². The molecule has 0 bridgehead atoms. The molecular formula is C18H15Cl2N5OS. The molecule has 0 radical (unpaired) electrons. The van der Waals surface area contributed by atoms with Crippen LogP contribution in [0.3, 0.4) is 0 Å². The molecule has 0 unspecified atom stereocenters. The van der Waals surface area contributed by atoms with Gasteiger partial charge < -0.3 is 10.1 Å². The van der Waals surface area contributed by atoms with E-state index in [0.717, 1.165) is 27.2 Å². The molecule has 0 aliphatic carbocycles. The van der Waals surface area contributed by atoms with E-state index in [-0.39, 0.29) is 5.90 Å². The first kappa shape index (κ1) is 19.3. The number of hydrogen-bond acceptors (Lipinski definition) is 6. The number of halogens is 2. The second-order valence-corrected chi connectivity index (χ2v) is 7.21. The van der Waals surface area contributed by atoms with Crippen molar-refractivity contribution in [2.75, 3.05) is 12.4 Å². The van der Waals surface area contributed by atoms with E-state index in [2.05, 4.69) is 27.0 Å². The van der Waals surface area contributed by atoms with Gasteiger partial charge in [0, 0.05) is 17.1 Å². The topological polar surface area (TPSA) is 82.7 Å². The van der Waals surface area contributed by atoms with E-state index in [1.165, 1.54) is 24.8 Å². The number of anilines is 1. The Morgan fingerprint density at radius 2 is 2.19 bits per heavy atom. The molecule has 2 N–H and O–H groups in total. The summed E-state index contributed by atoms with van der Waals surface area (Å²) in [5.41, 5.74) is 3.16. The molecule has 0 aliphatic rings. The average molecular weight is 420 g/mol. The van der Waals surface area contributed by atoms with Gasteiger partial charge in [0.25, 0.3) is 0 Å². The standard InChI is InChI=1S/C18H15Cl2N5OS/c1-22-9-24-13-5-6-15-16(27-18(25-15)17(21)26-2)11(13)8-23-14-4-3-10(19)7-12(14)20/h3-7,9,21,23H,1,8H2,2H3/b21-17?,24-9-. The number of methoxy groups -OCH3 is 1. The molecule has 0 atom stereocenters. The number of nitrogens with one attached hydrogen (secondary N) is 2. The number of ether oxygens (including phenoxy) is 1. The van der Waals surface area contributed by atoms with Crippen molar-refractivity contribution in [1.29, 1.82) is 5.41 Å². The molecule has 0 amide bonds. The molecule has 6 nitrogen and oxygen atoms in total. The van der Waals surface area contributed by atoms with Gasteiger partial charge in [0.05, 0.1) is 33.7 Å². The monoisotopic (exact) mass is 419 g/mol. The maximum atomic E-state index is 7.86. The van der Waals surface area contributed by atoms with Gasteiger partial charge in [-0.1, -0.05) is 23.2 Å². The van der Waals surface area contributed by atoms with Crippen LogP contribution in [0.2, 0.25) is 10.0 Å². The number of rotatable bonds is 6. The van der Waals surface area contributed by atoms with Crippen LogP contribution in [-0.4, -0.2) is 31.0 Å². The van der Waals surface area contributed by atoms with Crippen LogP contribution in [0.1, 0.15) is 10.6 Å². The summed E-state index contributed by atoms with van der Waals surface area (Å²) >= 11 is 13.6. The van der Waals surface area contributed by atoms with Crippen molar-refractivity contribution in [3.63, 3.8) is 0 Å². The fourth-order valence-corrected chi connectivity index (χ4v) is 3.94. The molecule has 1 aromatic heterocycles. The molecule has 3 rings (SSSR count). The van der Waals surface area contributed by atoms with Crippen LogP contribution in [-0.2, 0) is 11.3 Å². The van der Waals surface area contributed by atoms with Crippen LogP contribution in [0.25, 0.3) is 10.2 Å². The van der Waals surface area contributed by atoms with Crippen molar-refractivity contribution < 1.29 is 4.74 Å². The molecule has 0 aliphatic heterocycles. The highest BCUT2D eigenvalue weighted by Crippen LogP contribution is 2.34. The Morgan fingerprint density at radius 3 is 2.89 bits per heavy atom. The van der Waals surface area contributed by atoms with E-state index in [9.17, 15) is 0 Å². The van der Waals surface area contributed by atoms with Crippen molar-refractivity contribution in [1.82, 2.24) is 4.98 Å². The number of nitrogens with zero attached hydrogens (tertiary/aromatic N) is 3. The van der Waals surface area contributed by atoms with Gasteiger partial charge in [-0.3, -0.25) is 10.4 Å². The van der Waals surface area contributed by atoms with Gasteiger partial charge in [-0.2, -0.15) is 0 Å². The summed E-state index contributed by atoms with van der Waals surface area (Å²) < 4.78 is 5.90. The molecular weight excluding hydrogens is 405 g/mol. The van der Waals surface area contributed by atoms with Crippen molar-refractivity contribution in [3.8, 4) is 0 Å². The van der Waals surface area contributed by atoms with Crippen molar-refractivity contribution in [2.45, 2.75) is 6.54 Å². The molecule has 0 saturated carbocycles. The zero-order valence-electron chi connectivity index (χ0n) is 14.3. The average Bonchev–Trinajstić information content (AvgIpc) is 3.10. The van der Waals surface area contributed by atoms with Crippen LogP contribution < -0.4 is 5.32 Å². The van der Waals surface area contributed by atoms with Crippen molar-refractivity contribution >= 4 is 75.1 Å². The van der Waals surface area contributed by atoms with E-state index in [0.29, 0.717) is 21.6 Å². The Labute approximate surface area is 170 Å². The highest BCUT2D eigenvalue weighted by molar-refractivity contribution is 7.20. The van der Waals surface area contributed by atoms with Crippen LogP contribution in [0.4, 0.5) is 11.4 Å². The Balaban J connectivity index is 2.03. The minimum absolute atomic E-state index is 0.0219. The minimum atomic E-state index is 0.0219. The lowest BCUT2D eigenvalue weighted by molar-refractivity contribution is 0.401. The highest BCUT2D eigenvalue weighted by Gasteiger charge is 2.15. The van der Waals surface area contributed by atoms with Gasteiger partial charge in [-0.25, -0.2) is 9.98 Å². The SMILES string of the molecule is C=N/C=N\c1ccc2nc(C(=N)OC)sc2c1CNc1ccc(Cl)cc1Cl. The van der Waals surface area contributed by atoms with E-state index in [1.54, 1.807) is 12.1 Å². The summed E-state index contributed by atoms with van der Waals surface area (Å²) in [6, 6.07) is 8.97. The predicted molar refractivity (Wildman–Crippen MR) is 115 cm³/mol. The number of fused-ring (bicyclic) bond motifs is 1. The number of benzene rings is 2. The second kappa shape index (κ2) is 8.47. The number of aliphatic imine (C=N–C) groups is 2. The van der Waals surface area contributed by atoms with Gasteiger partial charge in [-0.15, -0.1) is 11.3 Å². The quantitative estimate of drug-likeness (QED) is 0.405. The molecule has 0 fully saturated rings. The van der Waals surface area contributed by atoms with Gasteiger partial charge in [-0.05, 0) is 37.0 Å². The highest BCUT2D eigenvalue weighted by atomic mass is 35.5. The lowest BCUT2D eigenvalue weighted by Crippen LogP contribution is -2.00. The molecule has 2 aromatic carbocycles. The lowest BCUT2D eigenvalue weighted by Gasteiger charge is -2.11. The summed E-state index contributed by atoms with van der Waals surface area (Å²) in [5.74, 6) is 0.0219. The van der Waals surface area contributed by atoms with E-state index < -0.39 is 0 Å². The molecule has 3 aromatic rings. The van der Waals surface area contributed by atoms with E-state index in [4.69, 9.17) is 33.3 Å². The smallest absolute Gasteiger partial charge is 0.242 e. The molecule has 1 heterocycles. The first-order valence-corrected chi connectivity index (χ1v) is 9.33. The minimum Gasteiger partial charge on any atom is -0.479 e. The Kier molecular flexibility index (Phi) is 6.05. The number of thiazole rings is 1. The summed E-state index contributed by atoms with van der Waals surface area (Å²) in [5, 5.41) is 12.8. The fraction of sp³-hybridized carbons (Fsp3) is 0.111. The number of aromatic nitrogens is 1. The number of hydrogen-bond donors (Lipinski definition) is 2. The van der Waals surface area contributed by atoms with Gasteiger partial charge in [0.15, 0.2) is 5.01 Å². The predicted octanol–water partition coefficient (Wildman–Crippen LogP) is 5.55. The summed E-state index contributed by atoms with van der Waals surface area (Å²) in [4.78, 5) is 12.5. The maximum Gasteiger partial charge on any atom is 0.242 e. The van der Waals surface area contributed by atoms with Crippen LogP contribution in [0, 0.1) is 5.41 Å². The Morgan fingerprint density at radius 1 is 1.37 bits per heavy atom. The normalized spacial score (nSPS) is 11.1. The van der Waals surface area contributed by atoms with Crippen LogP contribution >= 0.6 is 34.5 Å². The molecule has 9 heteroatoms. The zero-order valence-corrected chi connectivity index (χ0v) is 16.6. The van der Waals surface area contributed by atoms with Gasteiger partial charge >= 0.3 is 0 Å². The second-order valence-electron chi connectivity index (χ2n) is 5.37. The molecule has 0 spiro atoms. The van der Waals surface area contributed by atoms with Crippen molar-refractivity contribution in [3.05, 3.63) is 50.9 Å². The van der Waals surface area contributed by atoms with Gasteiger partial charge in [0.1, 0.15) is 6.34 Å². The fourth-order valence-electron chi connectivity index (χ4n) is 2.43. The van der Waals surface area contributed by atoms with E-state index >= 15 is 0 Å². The lowest BCUT2D eigenvalue weighted by atomic mass is 10.1. The first-order valence-electron chi connectivity index (χ1n) is 7.76. The zero-order chi connectivity index (χ0) is 19.4. The van der Waals surface area contributed by atoms with Crippen LogP contribution in [0.5, 0.6) is 0 Å². The van der Waals surface area contributed by atoms with Gasteiger partial charge in [0.2, 0.25) is 5.90 Å². The van der Waals surface area contributed by atoms with Crippen LogP contribution in [0.15, 0.2) is 40.3 Å². The molecule has 27 heavy (non-hydrogen) atoms. The third kappa shape index (κ3) is 4.27. The molecule has 0 saturated heterocycles. The Hall–Kier alpha value is -2.48. The third-order valence-corrected chi connectivity index (χ3v) is 5.38. The van der Waals surface area contributed by atoms with Crippen molar-refractivity contribution in [2.24, 2.45) is 9.98 Å².